The number of carbonyl (C=O) groups excluding carboxylic acids is 3. The highest BCUT2D eigenvalue weighted by Crippen LogP contribution is 2.42. The Kier molecular flexibility index (Phi) is 20.6. The summed E-state index contributed by atoms with van der Waals surface area (Å²) >= 11 is 0. The third kappa shape index (κ3) is 14.1. The first kappa shape index (κ1) is 50.6. The van der Waals surface area contributed by atoms with E-state index in [0.29, 0.717) is 44.1 Å². The number of aliphatic hydroxyl groups excluding tert-OH is 3. The minimum Gasteiger partial charge on any atom is -0.458 e. The van der Waals surface area contributed by atoms with Gasteiger partial charge in [0.15, 0.2) is 0 Å². The number of amides is 1. The van der Waals surface area contributed by atoms with Crippen LogP contribution in [0.15, 0.2) is 48.2 Å². The number of methoxy groups -OCH3 is 4. The van der Waals surface area contributed by atoms with Crippen LogP contribution in [0.1, 0.15) is 80.1 Å². The summed E-state index contributed by atoms with van der Waals surface area (Å²) in [6, 6.07) is 0. The van der Waals surface area contributed by atoms with Crippen molar-refractivity contribution in [2.24, 2.45) is 29.6 Å². The van der Waals surface area contributed by atoms with Gasteiger partial charge in [-0.2, -0.15) is 0 Å². The topological polar surface area (TPSA) is 183 Å². The Bertz CT molecular complexity index is 1440. The van der Waals surface area contributed by atoms with E-state index in [4.69, 9.17) is 33.2 Å². The Morgan fingerprint density at radius 3 is 2.31 bits per heavy atom. The van der Waals surface area contributed by atoms with E-state index in [-0.39, 0.29) is 42.9 Å². The number of aliphatic hydroxyl groups is 3. The molecule has 16 atom stereocenters. The molecule has 0 radical (unpaired) electrons. The zero-order chi connectivity index (χ0) is 44.0. The lowest BCUT2D eigenvalue weighted by Gasteiger charge is -2.39. The summed E-state index contributed by atoms with van der Waals surface area (Å²) in [5.41, 5.74) is -0.390. The molecule has 1 spiro atoms. The van der Waals surface area contributed by atoms with Gasteiger partial charge in [-0.1, -0.05) is 70.6 Å². The molecular weight excluding hydrogens is 762 g/mol. The number of rotatable bonds is 16. The maximum Gasteiger partial charge on any atom is 0.331 e. The van der Waals surface area contributed by atoms with Crippen LogP contribution < -0.4 is 0 Å². The van der Waals surface area contributed by atoms with E-state index < -0.39 is 78.2 Å². The summed E-state index contributed by atoms with van der Waals surface area (Å²) in [4.78, 5) is 39.4. The van der Waals surface area contributed by atoms with Crippen LogP contribution in [0.2, 0.25) is 0 Å². The van der Waals surface area contributed by atoms with Crippen molar-refractivity contribution in [2.75, 3.05) is 42.1 Å². The van der Waals surface area contributed by atoms with E-state index >= 15 is 0 Å². The van der Waals surface area contributed by atoms with Gasteiger partial charge in [0, 0.05) is 97.1 Å². The second-order valence-corrected chi connectivity index (χ2v) is 17.0. The van der Waals surface area contributed by atoms with Crippen LogP contribution in [-0.4, -0.2) is 147 Å². The highest BCUT2D eigenvalue weighted by Gasteiger charge is 2.59. The molecule has 1 amide bonds. The zero-order valence-electron chi connectivity index (χ0n) is 37.1. The smallest absolute Gasteiger partial charge is 0.331 e. The molecule has 1 saturated heterocycles. The highest BCUT2D eigenvalue weighted by atomic mass is 16.6. The van der Waals surface area contributed by atoms with Crippen LogP contribution in [0, 0.1) is 29.6 Å². The molecule has 0 aromatic carbocycles. The largest absolute Gasteiger partial charge is 0.458 e. The number of allylic oxidation sites excluding steroid dienone is 2. The number of esters is 1. The number of ketones is 1. The number of nitrogens with zero attached hydrogens (tertiary/aromatic N) is 1. The molecule has 3 N–H and O–H groups in total. The summed E-state index contributed by atoms with van der Waals surface area (Å²) in [7, 11) is 7.84. The Balaban J connectivity index is 1.88. The van der Waals surface area contributed by atoms with Crippen molar-refractivity contribution in [2.45, 2.75) is 147 Å². The monoisotopic (exact) mass is 836 g/mol. The molecule has 0 unspecified atom stereocenters. The minimum atomic E-state index is -1.00. The summed E-state index contributed by atoms with van der Waals surface area (Å²) in [6.45, 7) is 11.4. The first-order chi connectivity index (χ1) is 28.0. The predicted molar refractivity (Wildman–Crippen MR) is 222 cm³/mol. The molecule has 0 aromatic rings. The van der Waals surface area contributed by atoms with Gasteiger partial charge < -0.3 is 53.4 Å². The van der Waals surface area contributed by atoms with E-state index in [1.807, 2.05) is 52.8 Å². The van der Waals surface area contributed by atoms with Gasteiger partial charge in [0.25, 0.3) is 0 Å². The lowest BCUT2D eigenvalue weighted by atomic mass is 9.78. The predicted octanol–water partition coefficient (Wildman–Crippen LogP) is 4.34. The zero-order valence-corrected chi connectivity index (χ0v) is 37.1. The summed E-state index contributed by atoms with van der Waals surface area (Å²) in [5.74, 6) is -2.68. The van der Waals surface area contributed by atoms with Gasteiger partial charge in [-0.25, -0.2) is 4.79 Å². The van der Waals surface area contributed by atoms with Gasteiger partial charge in [0.2, 0.25) is 6.41 Å². The molecule has 59 heavy (non-hydrogen) atoms. The number of ether oxygens (including phenoxy) is 7. The molecule has 3 heterocycles. The fraction of sp³-hybridized carbons (Fsp3) is 0.756. The average molecular weight is 836 g/mol. The second-order valence-electron chi connectivity index (χ2n) is 17.0. The highest BCUT2D eigenvalue weighted by molar-refractivity contribution is 5.82. The average Bonchev–Trinajstić information content (AvgIpc) is 4.03. The van der Waals surface area contributed by atoms with Crippen LogP contribution >= 0.6 is 0 Å². The lowest BCUT2D eigenvalue weighted by molar-refractivity contribution is -0.159. The van der Waals surface area contributed by atoms with Crippen molar-refractivity contribution in [1.82, 2.24) is 4.90 Å². The Labute approximate surface area is 351 Å². The van der Waals surface area contributed by atoms with Gasteiger partial charge in [-0.05, 0) is 25.7 Å². The maximum atomic E-state index is 13.6. The molecule has 14 heteroatoms. The van der Waals surface area contributed by atoms with Crippen molar-refractivity contribution in [3.63, 3.8) is 0 Å². The van der Waals surface area contributed by atoms with Crippen molar-refractivity contribution < 1.29 is 62.9 Å². The SMILES string of the molecule is CO[C@H]([C@H](C)/C=C/N(C)C=O)[C@@H](C)C(=O)CC[C@H](C)[C@H](O)[C@H](C)[C@H]1OC(=O)C=CC(C)=C[C@H](O)[C@H](OC)C[C@@H]2C=CC[C@@H](C[C@H](O)[C@@]3(CO3)[C@@H](OC)C[C@@H](OC)[C@@H]1C)O2. The quantitative estimate of drug-likeness (QED) is 0.0865. The van der Waals surface area contributed by atoms with Gasteiger partial charge in [-0.3, -0.25) is 9.59 Å². The summed E-state index contributed by atoms with van der Waals surface area (Å²) in [5, 5.41) is 34.6. The number of epoxide rings is 1. The lowest BCUT2D eigenvalue weighted by Crippen LogP contribution is -2.49. The molecule has 2 bridgehead atoms. The van der Waals surface area contributed by atoms with E-state index in [2.05, 4.69) is 0 Å². The molecule has 0 aromatic heterocycles. The number of Topliss-reactive ketones (excluding diaryl/α,β-unsaturated/α-hetero) is 1. The van der Waals surface area contributed by atoms with Crippen molar-refractivity contribution in [3.05, 3.63) is 48.2 Å². The maximum absolute atomic E-state index is 13.6. The second kappa shape index (κ2) is 24.0. The van der Waals surface area contributed by atoms with Crippen LogP contribution in [0.25, 0.3) is 0 Å². The molecular formula is C45H73NO13. The first-order valence-corrected chi connectivity index (χ1v) is 21.0. The molecule has 0 aliphatic carbocycles. The van der Waals surface area contributed by atoms with Gasteiger partial charge in [0.05, 0.1) is 61.5 Å². The van der Waals surface area contributed by atoms with Crippen molar-refractivity contribution >= 4 is 18.2 Å². The van der Waals surface area contributed by atoms with Gasteiger partial charge in [0.1, 0.15) is 17.5 Å². The number of hydrogen-bond donors (Lipinski definition) is 3. The van der Waals surface area contributed by atoms with Crippen LogP contribution in [-0.2, 0) is 47.5 Å². The molecule has 1 fully saturated rings. The van der Waals surface area contributed by atoms with E-state index in [9.17, 15) is 29.7 Å². The number of cyclic esters (lactones) is 1. The van der Waals surface area contributed by atoms with E-state index in [1.54, 1.807) is 53.7 Å². The molecule has 3 aliphatic rings. The van der Waals surface area contributed by atoms with Crippen LogP contribution in [0.5, 0.6) is 0 Å². The first-order valence-electron chi connectivity index (χ1n) is 21.0. The number of carbonyl (C=O) groups is 3. The van der Waals surface area contributed by atoms with E-state index in [0.717, 1.165) is 0 Å². The van der Waals surface area contributed by atoms with Crippen LogP contribution in [0.4, 0.5) is 0 Å². The Morgan fingerprint density at radius 1 is 1.03 bits per heavy atom. The fourth-order valence-corrected chi connectivity index (χ4v) is 8.64. The van der Waals surface area contributed by atoms with Gasteiger partial charge >= 0.3 is 5.97 Å². The number of hydrogen-bond acceptors (Lipinski definition) is 13. The minimum absolute atomic E-state index is 0.0137. The third-order valence-corrected chi connectivity index (χ3v) is 12.7. The van der Waals surface area contributed by atoms with Crippen molar-refractivity contribution in [1.29, 1.82) is 0 Å². The standard InChI is InChI=1S/C45H73NO13/c1-27-15-18-41(51)59-44(32(6)42(52)28(2)16-17-35(48)30(4)43(56-11)29(3)19-20-46(7)26-47)31(5)37(53-8)24-40(55-10)45(25-57-45)39(50)23-34-14-12-13-33(58-34)22-38(54-9)36(49)21-27/h12-13,15,18-21,26,28-34,36-40,42-44,49-50,52H,14,16-17,22-25H2,1-11H3/b18-15?,20-19+,27-21?/t28-,29+,30-,31-,32-,33-,34-,36-,37+,38+,39-,40-,42-,43+,44-,45-/m0/s1. The normalized spacial score (nSPS) is 34.2. The Hall–Kier alpha value is -2.79. The molecule has 0 saturated carbocycles. The van der Waals surface area contributed by atoms with Gasteiger partial charge in [-0.15, -0.1) is 0 Å². The third-order valence-electron chi connectivity index (χ3n) is 12.7. The molecule has 14 nitrogen and oxygen atoms in total. The number of fused-ring (bicyclic) bond motifs is 2. The van der Waals surface area contributed by atoms with Crippen molar-refractivity contribution in [3.8, 4) is 0 Å². The fourth-order valence-electron chi connectivity index (χ4n) is 8.64. The van der Waals surface area contributed by atoms with Crippen LogP contribution in [0.3, 0.4) is 0 Å². The molecule has 3 aliphatic heterocycles. The summed E-state index contributed by atoms with van der Waals surface area (Å²) in [6.07, 6.45) is 8.18. The summed E-state index contributed by atoms with van der Waals surface area (Å²) < 4.78 is 41.9. The van der Waals surface area contributed by atoms with E-state index in [1.165, 1.54) is 18.1 Å². The Morgan fingerprint density at radius 2 is 1.71 bits per heavy atom. The molecule has 3 rings (SSSR count). The molecule has 336 valence electrons.